The summed E-state index contributed by atoms with van der Waals surface area (Å²) >= 11 is 0. The summed E-state index contributed by atoms with van der Waals surface area (Å²) in [6, 6.07) is 11.1. The van der Waals surface area contributed by atoms with Gasteiger partial charge in [0.05, 0.1) is 6.61 Å². The number of halogens is 2. The molecule has 0 heterocycles. The molecule has 0 spiro atoms. The maximum Gasteiger partial charge on any atom is 0.263 e. The Morgan fingerprint density at radius 1 is 1.10 bits per heavy atom. The summed E-state index contributed by atoms with van der Waals surface area (Å²) < 4.78 is 30.4. The van der Waals surface area contributed by atoms with Crippen LogP contribution in [0.5, 0.6) is 5.75 Å². The average molecular weight is 276 g/mol. The van der Waals surface area contributed by atoms with E-state index in [0.29, 0.717) is 17.9 Å². The first-order valence-electron chi connectivity index (χ1n) is 6.25. The van der Waals surface area contributed by atoms with E-state index < -0.39 is 6.43 Å². The SMILES string of the molecule is CCOc1cc(C=O)cc(-c2ccc(C(F)F)cc2)c1. The largest absolute Gasteiger partial charge is 0.494 e. The van der Waals surface area contributed by atoms with Crippen molar-refractivity contribution < 1.29 is 18.3 Å². The quantitative estimate of drug-likeness (QED) is 0.751. The van der Waals surface area contributed by atoms with Gasteiger partial charge in [0, 0.05) is 11.1 Å². The maximum absolute atomic E-state index is 12.5. The number of hydrogen-bond donors (Lipinski definition) is 0. The van der Waals surface area contributed by atoms with E-state index in [0.717, 1.165) is 17.4 Å². The molecule has 0 aliphatic rings. The lowest BCUT2D eigenvalue weighted by Gasteiger charge is -2.09. The second kappa shape index (κ2) is 6.28. The van der Waals surface area contributed by atoms with Crippen LogP contribution in [0.3, 0.4) is 0 Å². The zero-order valence-corrected chi connectivity index (χ0v) is 11.0. The van der Waals surface area contributed by atoms with Crippen LogP contribution in [0.2, 0.25) is 0 Å². The van der Waals surface area contributed by atoms with Gasteiger partial charge in [-0.1, -0.05) is 24.3 Å². The molecule has 20 heavy (non-hydrogen) atoms. The Morgan fingerprint density at radius 3 is 2.35 bits per heavy atom. The van der Waals surface area contributed by atoms with Crippen molar-refractivity contribution >= 4 is 6.29 Å². The summed E-state index contributed by atoms with van der Waals surface area (Å²) in [7, 11) is 0. The van der Waals surface area contributed by atoms with Crippen molar-refractivity contribution in [3.05, 3.63) is 53.6 Å². The van der Waals surface area contributed by atoms with Gasteiger partial charge in [0.2, 0.25) is 0 Å². The van der Waals surface area contributed by atoms with Gasteiger partial charge in [-0.3, -0.25) is 4.79 Å². The Balaban J connectivity index is 2.40. The number of aldehydes is 1. The topological polar surface area (TPSA) is 26.3 Å². The Bertz CT molecular complexity index is 592. The van der Waals surface area contributed by atoms with Crippen LogP contribution in [-0.2, 0) is 0 Å². The number of benzene rings is 2. The summed E-state index contributed by atoms with van der Waals surface area (Å²) in [6.07, 6.45) is -1.75. The van der Waals surface area contributed by atoms with Crippen molar-refractivity contribution in [3.8, 4) is 16.9 Å². The number of rotatable bonds is 5. The molecule has 0 saturated carbocycles. The van der Waals surface area contributed by atoms with Crippen molar-refractivity contribution in [2.45, 2.75) is 13.3 Å². The molecule has 0 aliphatic heterocycles. The molecule has 0 bridgehead atoms. The summed E-state index contributed by atoms with van der Waals surface area (Å²) in [4.78, 5) is 10.9. The van der Waals surface area contributed by atoms with Crippen molar-refractivity contribution in [2.24, 2.45) is 0 Å². The first kappa shape index (κ1) is 14.2. The van der Waals surface area contributed by atoms with Crippen LogP contribution in [0.25, 0.3) is 11.1 Å². The Morgan fingerprint density at radius 2 is 1.80 bits per heavy atom. The molecular weight excluding hydrogens is 262 g/mol. The van der Waals surface area contributed by atoms with Crippen molar-refractivity contribution in [3.63, 3.8) is 0 Å². The molecule has 104 valence electrons. The number of carbonyl (C=O) groups excluding carboxylic acids is 1. The summed E-state index contributed by atoms with van der Waals surface area (Å²) in [5, 5.41) is 0. The molecule has 0 fully saturated rings. The van der Waals surface area contributed by atoms with Crippen LogP contribution in [0.15, 0.2) is 42.5 Å². The highest BCUT2D eigenvalue weighted by molar-refractivity contribution is 5.80. The Hall–Kier alpha value is -2.23. The zero-order valence-electron chi connectivity index (χ0n) is 11.0. The molecule has 4 heteroatoms. The molecule has 2 nitrogen and oxygen atoms in total. The standard InChI is InChI=1S/C16H14F2O2/c1-2-20-15-8-11(10-19)7-14(9-15)12-3-5-13(6-4-12)16(17)18/h3-10,16H,2H2,1H3. The van der Waals surface area contributed by atoms with E-state index >= 15 is 0 Å². The fourth-order valence-electron chi connectivity index (χ4n) is 1.93. The smallest absolute Gasteiger partial charge is 0.263 e. The van der Waals surface area contributed by atoms with Gasteiger partial charge in [-0.15, -0.1) is 0 Å². The van der Waals surface area contributed by atoms with Gasteiger partial charge >= 0.3 is 0 Å². The van der Waals surface area contributed by atoms with Gasteiger partial charge in [0.1, 0.15) is 12.0 Å². The van der Waals surface area contributed by atoms with E-state index in [1.165, 1.54) is 12.1 Å². The number of carbonyl (C=O) groups is 1. The van der Waals surface area contributed by atoms with Crippen LogP contribution < -0.4 is 4.74 Å². The molecule has 2 aromatic carbocycles. The minimum atomic E-state index is -2.48. The van der Waals surface area contributed by atoms with Gasteiger partial charge in [0.15, 0.2) is 0 Å². The molecule has 0 aliphatic carbocycles. The maximum atomic E-state index is 12.5. The molecular formula is C16H14F2O2. The fourth-order valence-corrected chi connectivity index (χ4v) is 1.93. The van der Waals surface area contributed by atoms with Crippen LogP contribution >= 0.6 is 0 Å². The van der Waals surface area contributed by atoms with Crippen molar-refractivity contribution in [1.82, 2.24) is 0 Å². The number of hydrogen-bond acceptors (Lipinski definition) is 2. The molecule has 0 amide bonds. The van der Waals surface area contributed by atoms with E-state index in [-0.39, 0.29) is 5.56 Å². The normalized spacial score (nSPS) is 10.6. The van der Waals surface area contributed by atoms with Gasteiger partial charge in [-0.05, 0) is 36.2 Å². The highest BCUT2D eigenvalue weighted by Gasteiger charge is 2.08. The molecule has 0 unspecified atom stereocenters. The number of alkyl halides is 2. The van der Waals surface area contributed by atoms with Gasteiger partial charge < -0.3 is 4.74 Å². The second-order valence-electron chi connectivity index (χ2n) is 4.26. The van der Waals surface area contributed by atoms with Gasteiger partial charge in [-0.2, -0.15) is 0 Å². The highest BCUT2D eigenvalue weighted by Crippen LogP contribution is 2.28. The third-order valence-electron chi connectivity index (χ3n) is 2.87. The van der Waals surface area contributed by atoms with E-state index in [1.807, 2.05) is 6.92 Å². The Labute approximate surface area is 116 Å². The van der Waals surface area contributed by atoms with Crippen LogP contribution in [0.4, 0.5) is 8.78 Å². The lowest BCUT2D eigenvalue weighted by atomic mass is 10.0. The highest BCUT2D eigenvalue weighted by atomic mass is 19.3. The molecule has 0 radical (unpaired) electrons. The summed E-state index contributed by atoms with van der Waals surface area (Å²) in [5.74, 6) is 0.588. The summed E-state index contributed by atoms with van der Waals surface area (Å²) in [6.45, 7) is 2.34. The van der Waals surface area contributed by atoms with E-state index in [1.54, 1.807) is 30.3 Å². The fraction of sp³-hybridized carbons (Fsp3) is 0.188. The van der Waals surface area contributed by atoms with Crippen LogP contribution in [0, 0.1) is 0 Å². The van der Waals surface area contributed by atoms with E-state index in [4.69, 9.17) is 4.74 Å². The lowest BCUT2D eigenvalue weighted by Crippen LogP contribution is -1.94. The molecule has 0 atom stereocenters. The first-order chi connectivity index (χ1) is 9.63. The molecule has 2 aromatic rings. The third kappa shape index (κ3) is 3.20. The third-order valence-corrected chi connectivity index (χ3v) is 2.87. The lowest BCUT2D eigenvalue weighted by molar-refractivity contribution is 0.112. The minimum Gasteiger partial charge on any atom is -0.494 e. The molecule has 2 rings (SSSR count). The van der Waals surface area contributed by atoms with Crippen molar-refractivity contribution in [2.75, 3.05) is 6.61 Å². The first-order valence-corrected chi connectivity index (χ1v) is 6.25. The van der Waals surface area contributed by atoms with Gasteiger partial charge in [-0.25, -0.2) is 8.78 Å². The van der Waals surface area contributed by atoms with Gasteiger partial charge in [0.25, 0.3) is 6.43 Å². The monoisotopic (exact) mass is 276 g/mol. The second-order valence-corrected chi connectivity index (χ2v) is 4.26. The minimum absolute atomic E-state index is 0.0228. The molecule has 0 aromatic heterocycles. The predicted molar refractivity (Wildman–Crippen MR) is 73.4 cm³/mol. The van der Waals surface area contributed by atoms with E-state index in [9.17, 15) is 13.6 Å². The van der Waals surface area contributed by atoms with Crippen molar-refractivity contribution in [1.29, 1.82) is 0 Å². The average Bonchev–Trinajstić information content (AvgIpc) is 2.47. The Kier molecular flexibility index (Phi) is 4.45. The molecule has 0 saturated heterocycles. The predicted octanol–water partition coefficient (Wildman–Crippen LogP) is 4.50. The number of ether oxygens (including phenoxy) is 1. The zero-order chi connectivity index (χ0) is 14.5. The van der Waals surface area contributed by atoms with E-state index in [2.05, 4.69) is 0 Å². The molecule has 0 N–H and O–H groups in total. The summed E-state index contributed by atoms with van der Waals surface area (Å²) in [5.41, 5.74) is 1.99. The van der Waals surface area contributed by atoms with Crippen LogP contribution in [0.1, 0.15) is 29.3 Å². The van der Waals surface area contributed by atoms with Crippen LogP contribution in [-0.4, -0.2) is 12.9 Å².